The van der Waals surface area contributed by atoms with Crippen molar-refractivity contribution in [2.24, 2.45) is 0 Å². The molecule has 3 aliphatic carbocycles. The van der Waals surface area contributed by atoms with Crippen LogP contribution in [0.4, 0.5) is 0 Å². The maximum absolute atomic E-state index is 3.89. The Morgan fingerprint density at radius 1 is 0.303 bits per heavy atom. The third kappa shape index (κ3) is 2.58. The van der Waals surface area contributed by atoms with Gasteiger partial charge in [0.15, 0.2) is 0 Å². The number of rotatable bonds is 6. The van der Waals surface area contributed by atoms with Gasteiger partial charge < -0.3 is 0 Å². The molecule has 0 saturated heterocycles. The van der Waals surface area contributed by atoms with Crippen molar-refractivity contribution in [3.05, 3.63) is 66.8 Å². The number of alkyl halides is 6. The smallest absolute Gasteiger partial charge is 0.0289 e. The molecule has 0 spiro atoms. The summed E-state index contributed by atoms with van der Waals surface area (Å²) in [6.45, 7) is 0. The van der Waals surface area contributed by atoms with Gasteiger partial charge in [-0.05, 0) is 118 Å². The van der Waals surface area contributed by atoms with Crippen molar-refractivity contribution in [2.75, 3.05) is 0 Å². The molecule has 0 aliphatic heterocycles. The number of hydrogen-bond acceptors (Lipinski definition) is 0. The highest BCUT2D eigenvalue weighted by Gasteiger charge is 2.38. The monoisotopic (exact) mass is 816 g/mol. The highest BCUT2D eigenvalue weighted by Crippen LogP contribution is 2.58. The second-order valence-electron chi connectivity index (χ2n) is 9.32. The largest absolute Gasteiger partial charge is 0.0876 e. The number of hydrogen-bond donors (Lipinski definition) is 0. The average molecular weight is 822 g/mol. The molecule has 0 bridgehead atoms. The van der Waals surface area contributed by atoms with Crippen molar-refractivity contribution in [2.45, 2.75) is 51.2 Å². The fourth-order valence-corrected chi connectivity index (χ4v) is 11.3. The van der Waals surface area contributed by atoms with Gasteiger partial charge in [-0.15, -0.1) is 0 Å². The van der Waals surface area contributed by atoms with Gasteiger partial charge in [0.05, 0.1) is 0 Å². The van der Waals surface area contributed by atoms with E-state index in [0.29, 0.717) is 0 Å². The minimum Gasteiger partial charge on any atom is -0.0876 e. The first-order chi connectivity index (χ1) is 16.1. The van der Waals surface area contributed by atoms with Crippen LogP contribution in [0.25, 0.3) is 32.3 Å². The average Bonchev–Trinajstić information content (AvgIpc) is 3.52. The molecule has 7 rings (SSSR count). The molecule has 0 nitrogen and oxygen atoms in total. The Bertz CT molecular complexity index is 1260. The van der Waals surface area contributed by atoms with E-state index in [0.717, 1.165) is 51.2 Å². The first kappa shape index (κ1) is 22.7. The minimum atomic E-state index is 0.918. The zero-order chi connectivity index (χ0) is 22.8. The molecule has 6 heteroatoms. The van der Waals surface area contributed by atoms with Crippen LogP contribution in [-0.2, 0) is 51.2 Å². The van der Waals surface area contributed by atoms with Gasteiger partial charge in [-0.3, -0.25) is 0 Å². The van der Waals surface area contributed by atoms with Crippen LogP contribution < -0.4 is 0 Å². The van der Waals surface area contributed by atoms with E-state index in [-0.39, 0.29) is 0 Å². The van der Waals surface area contributed by atoms with Gasteiger partial charge in [0, 0.05) is 32.0 Å². The summed E-state index contributed by atoms with van der Waals surface area (Å²) >= 11 is 23.3. The van der Waals surface area contributed by atoms with Gasteiger partial charge in [0.1, 0.15) is 0 Å². The van der Waals surface area contributed by atoms with Crippen molar-refractivity contribution in [3.63, 3.8) is 0 Å². The molecule has 0 radical (unpaired) electrons. The van der Waals surface area contributed by atoms with Crippen LogP contribution in [0.1, 0.15) is 66.8 Å². The molecule has 0 N–H and O–H groups in total. The Balaban J connectivity index is 1.85. The lowest BCUT2D eigenvalue weighted by Crippen LogP contribution is -2.02. The zero-order valence-corrected chi connectivity index (χ0v) is 27.1. The SMILES string of the molecule is BrCc1c(CBr)c2c3c4c1Cc1c(CBr)c(CBr)c5c(c14)c1c(c(CBr)c(CBr)c(c31)C2)C5. The fraction of sp³-hybridized carbons (Fsp3) is 0.333. The molecule has 3 aliphatic rings. The summed E-state index contributed by atoms with van der Waals surface area (Å²) in [6.07, 6.45) is 3.17. The van der Waals surface area contributed by atoms with Crippen molar-refractivity contribution in [3.8, 4) is 0 Å². The molecule has 0 fully saturated rings. The summed E-state index contributed by atoms with van der Waals surface area (Å²) in [6, 6.07) is 0. The highest BCUT2D eigenvalue weighted by atomic mass is 79.9. The molecule has 0 unspecified atom stereocenters. The third-order valence-electron chi connectivity index (χ3n) is 8.45. The van der Waals surface area contributed by atoms with Crippen LogP contribution in [0.15, 0.2) is 0 Å². The first-order valence-corrected chi connectivity index (χ1v) is 17.8. The molecule has 4 aromatic rings. The van der Waals surface area contributed by atoms with Crippen molar-refractivity contribution in [1.29, 1.82) is 0 Å². The number of benzene rings is 4. The normalized spacial score (nSPS) is 14.7. The lowest BCUT2D eigenvalue weighted by atomic mass is 9.88. The van der Waals surface area contributed by atoms with Gasteiger partial charge in [-0.2, -0.15) is 0 Å². The summed E-state index contributed by atoms with van der Waals surface area (Å²) in [7, 11) is 0. The molecule has 0 aromatic heterocycles. The lowest BCUT2D eigenvalue weighted by Gasteiger charge is -2.17. The zero-order valence-electron chi connectivity index (χ0n) is 17.6. The molecule has 0 atom stereocenters. The maximum atomic E-state index is 3.89. The van der Waals surface area contributed by atoms with Gasteiger partial charge in [-0.1, -0.05) is 95.6 Å². The standard InChI is InChI=1S/C27H18Br6/c28-4-16-10-1-11-17(5-29)19(7-31)13-3-15-21(9-33)20(8-32)14-2-12(18(16)6-30)24-22(10)23(11)25(13)27(15)26(14)24/h1-9H2. The van der Waals surface area contributed by atoms with Crippen molar-refractivity contribution in [1.82, 2.24) is 0 Å². The molecule has 168 valence electrons. The van der Waals surface area contributed by atoms with Gasteiger partial charge in [0.2, 0.25) is 0 Å². The Labute approximate surface area is 243 Å². The van der Waals surface area contributed by atoms with E-state index in [1.807, 2.05) is 0 Å². The summed E-state index contributed by atoms with van der Waals surface area (Å²) in [5, 5.41) is 15.0. The van der Waals surface area contributed by atoms with E-state index in [9.17, 15) is 0 Å². The number of halogens is 6. The first-order valence-electron chi connectivity index (χ1n) is 11.1. The lowest BCUT2D eigenvalue weighted by molar-refractivity contribution is 1.11. The second-order valence-corrected chi connectivity index (χ2v) is 12.7. The van der Waals surface area contributed by atoms with E-state index < -0.39 is 0 Å². The van der Waals surface area contributed by atoms with Gasteiger partial charge in [0.25, 0.3) is 0 Å². The highest BCUT2D eigenvalue weighted by molar-refractivity contribution is 9.09. The van der Waals surface area contributed by atoms with E-state index in [4.69, 9.17) is 0 Å². The summed E-state index contributed by atoms with van der Waals surface area (Å²) in [4.78, 5) is 0. The maximum Gasteiger partial charge on any atom is 0.0289 e. The Hall–Kier alpha value is 0.540. The van der Waals surface area contributed by atoms with Gasteiger partial charge >= 0.3 is 0 Å². The predicted octanol–water partition coefficient (Wildman–Crippen LogP) is 10.2. The molecular formula is C27H18Br6. The molecule has 33 heavy (non-hydrogen) atoms. The second kappa shape index (κ2) is 8.02. The minimum absolute atomic E-state index is 0.918. The van der Waals surface area contributed by atoms with Crippen molar-refractivity contribution < 1.29 is 0 Å². The fourth-order valence-electron chi connectivity index (χ4n) is 7.23. The van der Waals surface area contributed by atoms with Crippen LogP contribution in [-0.4, -0.2) is 0 Å². The quantitative estimate of drug-likeness (QED) is 0.116. The van der Waals surface area contributed by atoms with Crippen LogP contribution in [0, 0.1) is 0 Å². The summed E-state index contributed by atoms with van der Waals surface area (Å²) in [5.41, 5.74) is 18.5. The topological polar surface area (TPSA) is 0 Å². The van der Waals surface area contributed by atoms with E-state index in [1.54, 1.807) is 65.7 Å². The molecular weight excluding hydrogens is 804 g/mol. The predicted molar refractivity (Wildman–Crippen MR) is 163 cm³/mol. The Kier molecular flexibility index (Phi) is 5.52. The van der Waals surface area contributed by atoms with Crippen molar-refractivity contribution >= 4 is 128 Å². The van der Waals surface area contributed by atoms with Crippen LogP contribution >= 0.6 is 95.6 Å². The van der Waals surface area contributed by atoms with E-state index >= 15 is 0 Å². The van der Waals surface area contributed by atoms with E-state index in [1.165, 1.54) is 33.4 Å². The molecule has 0 amide bonds. The summed E-state index contributed by atoms with van der Waals surface area (Å²) < 4.78 is 0. The van der Waals surface area contributed by atoms with Crippen LogP contribution in [0.2, 0.25) is 0 Å². The summed E-state index contributed by atoms with van der Waals surface area (Å²) in [5.74, 6) is 0. The molecule has 0 saturated carbocycles. The molecule has 0 heterocycles. The third-order valence-corrected chi connectivity index (χ3v) is 11.8. The van der Waals surface area contributed by atoms with E-state index in [2.05, 4.69) is 95.6 Å². The van der Waals surface area contributed by atoms with Gasteiger partial charge in [-0.25, -0.2) is 0 Å². The molecule has 4 aromatic carbocycles. The Morgan fingerprint density at radius 3 is 0.576 bits per heavy atom. The van der Waals surface area contributed by atoms with Crippen LogP contribution in [0.3, 0.4) is 0 Å². The Morgan fingerprint density at radius 2 is 0.455 bits per heavy atom. The van der Waals surface area contributed by atoms with Crippen LogP contribution in [0.5, 0.6) is 0 Å².